The predicted molar refractivity (Wildman–Crippen MR) is 183 cm³/mol. The number of rotatable bonds is 12. The van der Waals surface area contributed by atoms with Crippen molar-refractivity contribution in [3.63, 3.8) is 0 Å². The van der Waals surface area contributed by atoms with Crippen LogP contribution in [0.15, 0.2) is 115 Å². The van der Waals surface area contributed by atoms with E-state index in [1.165, 1.54) is 7.11 Å². The number of fused-ring (bicyclic) bond motifs is 1. The number of alkyl carbamates (subject to hydrolysis) is 1. The highest BCUT2D eigenvalue weighted by molar-refractivity contribution is 5.98. The van der Waals surface area contributed by atoms with E-state index in [-0.39, 0.29) is 18.1 Å². The molecule has 0 aliphatic carbocycles. The number of carbonyl (C=O) groups is 2. The number of carbonyl (C=O) groups excluding carboxylic acids is 2. The summed E-state index contributed by atoms with van der Waals surface area (Å²) in [6.45, 7) is 1.90. The van der Waals surface area contributed by atoms with Gasteiger partial charge in [-0.2, -0.15) is 0 Å². The quantitative estimate of drug-likeness (QED) is 0.134. The number of morpholine rings is 1. The maximum absolute atomic E-state index is 14.1. The summed E-state index contributed by atoms with van der Waals surface area (Å²) in [6.07, 6.45) is 2.59. The van der Waals surface area contributed by atoms with Gasteiger partial charge in [0.25, 0.3) is 0 Å². The summed E-state index contributed by atoms with van der Waals surface area (Å²) in [5.41, 5.74) is 4.51. The summed E-state index contributed by atoms with van der Waals surface area (Å²) in [5, 5.41) is 10.5. The molecule has 242 valence electrons. The van der Waals surface area contributed by atoms with Gasteiger partial charge in [0.2, 0.25) is 5.91 Å². The number of methoxy groups -OCH3 is 1. The number of aromatic amines is 1. The van der Waals surface area contributed by atoms with Crippen LogP contribution in [0.2, 0.25) is 0 Å². The van der Waals surface area contributed by atoms with E-state index in [4.69, 9.17) is 14.2 Å². The Bertz CT molecular complexity index is 1720. The number of aromatic nitrogens is 1. The Kier molecular flexibility index (Phi) is 10.5. The number of anilines is 1. The van der Waals surface area contributed by atoms with Crippen molar-refractivity contribution >= 4 is 28.6 Å². The molecule has 1 aromatic heterocycles. The van der Waals surface area contributed by atoms with Crippen LogP contribution in [0.1, 0.15) is 29.0 Å². The standard InChI is InChI=1S/C38H40N4O5/c1-45-38(44)42-36(35(28-11-4-2-5-12-28)29-13-6-3-7-14-29)37(43)41-33-15-9-8-10-26(33)17-19-31-23-39-24-32(47-31)25-46-30-18-16-27-20-21-40-34(27)22-30/h2-16,18,20-22,31-32,35-36,39-40H,17,19,23-25H2,1H3,(H,41,43)(H,42,44)/t31-,32+,36?/m1/s1. The summed E-state index contributed by atoms with van der Waals surface area (Å²) in [4.78, 5) is 29.8. The highest BCUT2D eigenvalue weighted by Crippen LogP contribution is 2.30. The number of benzene rings is 4. The van der Waals surface area contributed by atoms with Crippen LogP contribution in [-0.4, -0.2) is 62.0 Å². The number of nitrogens with one attached hydrogen (secondary N) is 4. The van der Waals surface area contributed by atoms with Crippen LogP contribution in [0.25, 0.3) is 10.9 Å². The first-order valence-corrected chi connectivity index (χ1v) is 16.0. The van der Waals surface area contributed by atoms with Crippen LogP contribution in [0.3, 0.4) is 0 Å². The summed E-state index contributed by atoms with van der Waals surface area (Å²) >= 11 is 0. The van der Waals surface area contributed by atoms with Gasteiger partial charge in [-0.1, -0.05) is 78.9 Å². The van der Waals surface area contributed by atoms with E-state index in [1.54, 1.807) is 0 Å². The van der Waals surface area contributed by atoms with Crippen molar-refractivity contribution in [1.29, 1.82) is 0 Å². The second-order valence-corrected chi connectivity index (χ2v) is 11.7. The zero-order valence-electron chi connectivity index (χ0n) is 26.4. The molecule has 0 saturated carbocycles. The number of aryl methyl sites for hydroxylation is 1. The van der Waals surface area contributed by atoms with Gasteiger partial charge in [0.1, 0.15) is 24.5 Å². The minimum absolute atomic E-state index is 0.0127. The normalized spacial score (nSPS) is 16.8. The monoisotopic (exact) mass is 632 g/mol. The summed E-state index contributed by atoms with van der Waals surface area (Å²) in [7, 11) is 1.29. The average Bonchev–Trinajstić information content (AvgIpc) is 3.59. The molecule has 0 bridgehead atoms. The fraction of sp³-hybridized carbons (Fsp3) is 0.263. The van der Waals surface area contributed by atoms with Crippen molar-refractivity contribution in [2.45, 2.75) is 37.0 Å². The van der Waals surface area contributed by atoms with Gasteiger partial charge in [-0.25, -0.2) is 4.79 Å². The second-order valence-electron chi connectivity index (χ2n) is 11.7. The van der Waals surface area contributed by atoms with Crippen LogP contribution >= 0.6 is 0 Å². The van der Waals surface area contributed by atoms with Crippen molar-refractivity contribution in [1.82, 2.24) is 15.6 Å². The Balaban J connectivity index is 1.12. The Morgan fingerprint density at radius 1 is 0.872 bits per heavy atom. The number of hydrogen-bond donors (Lipinski definition) is 4. The molecular weight excluding hydrogens is 592 g/mol. The van der Waals surface area contributed by atoms with Gasteiger partial charge < -0.3 is 35.1 Å². The first-order valence-electron chi connectivity index (χ1n) is 16.0. The number of amides is 2. The van der Waals surface area contributed by atoms with Crippen LogP contribution in [-0.2, 0) is 20.7 Å². The Hall–Kier alpha value is -5.12. The van der Waals surface area contributed by atoms with Crippen molar-refractivity contribution < 1.29 is 23.8 Å². The maximum Gasteiger partial charge on any atom is 0.407 e. The van der Waals surface area contributed by atoms with Crippen LogP contribution in [0.5, 0.6) is 5.75 Å². The van der Waals surface area contributed by atoms with Gasteiger partial charge in [-0.3, -0.25) is 4.79 Å². The van der Waals surface area contributed by atoms with Crippen molar-refractivity contribution in [3.8, 4) is 5.75 Å². The molecule has 9 nitrogen and oxygen atoms in total. The Labute approximate surface area is 274 Å². The highest BCUT2D eigenvalue weighted by Gasteiger charge is 2.33. The highest BCUT2D eigenvalue weighted by atomic mass is 16.5. The molecule has 1 aliphatic heterocycles. The fourth-order valence-corrected chi connectivity index (χ4v) is 6.12. The molecule has 47 heavy (non-hydrogen) atoms. The summed E-state index contributed by atoms with van der Waals surface area (Å²) in [5.74, 6) is 0.0113. The lowest BCUT2D eigenvalue weighted by Crippen LogP contribution is -2.48. The summed E-state index contributed by atoms with van der Waals surface area (Å²) < 4.78 is 17.4. The maximum atomic E-state index is 14.1. The molecule has 0 radical (unpaired) electrons. The molecule has 1 unspecified atom stereocenters. The molecule has 1 aliphatic rings. The zero-order valence-corrected chi connectivity index (χ0v) is 26.4. The Morgan fingerprint density at radius 3 is 2.32 bits per heavy atom. The van der Waals surface area contributed by atoms with Gasteiger partial charge in [0.05, 0.1) is 13.2 Å². The molecule has 9 heteroatoms. The molecule has 4 aromatic carbocycles. The van der Waals surface area contributed by atoms with E-state index in [0.29, 0.717) is 25.3 Å². The SMILES string of the molecule is COC(=O)NC(C(=O)Nc1ccccc1CC[C@@H]1CNC[C@@H](COc2ccc3cc[nH]c3c2)O1)C(c1ccccc1)c1ccccc1. The van der Waals surface area contributed by atoms with Crippen molar-refractivity contribution in [3.05, 3.63) is 132 Å². The molecule has 6 rings (SSSR count). The van der Waals surface area contributed by atoms with E-state index in [2.05, 4.69) is 20.9 Å². The molecule has 3 atom stereocenters. The lowest BCUT2D eigenvalue weighted by molar-refractivity contribution is -0.118. The molecule has 1 fully saturated rings. The third-order valence-corrected chi connectivity index (χ3v) is 8.49. The van der Waals surface area contributed by atoms with Crippen molar-refractivity contribution in [2.75, 3.05) is 32.1 Å². The third-order valence-electron chi connectivity index (χ3n) is 8.49. The lowest BCUT2D eigenvalue weighted by atomic mass is 9.84. The fourth-order valence-electron chi connectivity index (χ4n) is 6.12. The molecular formula is C38H40N4O5. The number of para-hydroxylation sites is 1. The molecule has 2 heterocycles. The number of ether oxygens (including phenoxy) is 3. The minimum atomic E-state index is -0.940. The number of hydrogen-bond acceptors (Lipinski definition) is 6. The summed E-state index contributed by atoms with van der Waals surface area (Å²) in [6, 6.07) is 34.3. The van der Waals surface area contributed by atoms with E-state index < -0.39 is 18.1 Å². The lowest BCUT2D eigenvalue weighted by Gasteiger charge is -2.31. The van der Waals surface area contributed by atoms with Crippen LogP contribution in [0.4, 0.5) is 10.5 Å². The largest absolute Gasteiger partial charge is 0.491 e. The van der Waals surface area contributed by atoms with Gasteiger partial charge >= 0.3 is 6.09 Å². The first-order chi connectivity index (χ1) is 23.1. The first kappa shape index (κ1) is 31.8. The Morgan fingerprint density at radius 2 is 1.57 bits per heavy atom. The van der Waals surface area contributed by atoms with Gasteiger partial charge in [-0.05, 0) is 59.2 Å². The zero-order chi connectivity index (χ0) is 32.4. The van der Waals surface area contributed by atoms with Gasteiger partial charge in [0, 0.05) is 42.5 Å². The van der Waals surface area contributed by atoms with E-state index in [1.807, 2.05) is 115 Å². The smallest absolute Gasteiger partial charge is 0.407 e. The number of H-pyrrole nitrogens is 1. The van der Waals surface area contributed by atoms with E-state index in [0.717, 1.165) is 46.3 Å². The minimum Gasteiger partial charge on any atom is -0.491 e. The molecule has 0 spiro atoms. The topological polar surface area (TPSA) is 114 Å². The molecule has 2 amide bonds. The van der Waals surface area contributed by atoms with Gasteiger partial charge in [-0.15, -0.1) is 0 Å². The average molecular weight is 633 g/mol. The van der Waals surface area contributed by atoms with E-state index >= 15 is 0 Å². The van der Waals surface area contributed by atoms with Crippen LogP contribution in [0, 0.1) is 0 Å². The third kappa shape index (κ3) is 8.19. The van der Waals surface area contributed by atoms with Gasteiger partial charge in [0.15, 0.2) is 0 Å². The predicted octanol–water partition coefficient (Wildman–Crippen LogP) is 6.03. The van der Waals surface area contributed by atoms with Crippen LogP contribution < -0.4 is 20.7 Å². The van der Waals surface area contributed by atoms with Crippen molar-refractivity contribution in [2.24, 2.45) is 0 Å². The molecule has 4 N–H and O–H groups in total. The van der Waals surface area contributed by atoms with E-state index in [9.17, 15) is 9.59 Å². The molecule has 1 saturated heterocycles. The second kappa shape index (κ2) is 15.4. The molecule has 5 aromatic rings.